The topological polar surface area (TPSA) is 140 Å². The lowest BCUT2D eigenvalue weighted by atomic mass is 10.0. The van der Waals surface area contributed by atoms with Crippen LogP contribution < -0.4 is 17.2 Å². The van der Waals surface area contributed by atoms with Gasteiger partial charge >= 0.3 is 0 Å². The van der Waals surface area contributed by atoms with Crippen molar-refractivity contribution in [3.05, 3.63) is 24.3 Å². The smallest absolute Gasteiger partial charge is 0.243 e. The van der Waals surface area contributed by atoms with Crippen molar-refractivity contribution < 1.29 is 8.42 Å². The number of piperidine rings is 1. The van der Waals surface area contributed by atoms with Crippen molar-refractivity contribution in [1.29, 1.82) is 0 Å². The molecule has 0 aromatic heterocycles. The lowest BCUT2D eigenvalue weighted by Gasteiger charge is -2.29. The second kappa shape index (κ2) is 6.97. The van der Waals surface area contributed by atoms with Crippen LogP contribution in [-0.2, 0) is 10.0 Å². The minimum atomic E-state index is -3.53. The van der Waals surface area contributed by atoms with Crippen molar-refractivity contribution in [2.75, 3.05) is 13.1 Å². The Morgan fingerprint density at radius 2 is 1.87 bits per heavy atom. The largest absolute Gasteiger partial charge is 0.370 e. The Labute approximate surface area is 136 Å². The van der Waals surface area contributed by atoms with Crippen LogP contribution in [-0.4, -0.2) is 37.7 Å². The Morgan fingerprint density at radius 3 is 2.48 bits per heavy atom. The van der Waals surface area contributed by atoms with E-state index >= 15 is 0 Å². The molecule has 1 aromatic rings. The van der Waals surface area contributed by atoms with Crippen molar-refractivity contribution in [3.8, 4) is 0 Å². The second-order valence-corrected chi connectivity index (χ2v) is 7.53. The van der Waals surface area contributed by atoms with Gasteiger partial charge in [-0.3, -0.25) is 0 Å². The molecule has 23 heavy (non-hydrogen) atoms. The van der Waals surface area contributed by atoms with Crippen LogP contribution in [0, 0.1) is 5.92 Å². The molecule has 0 radical (unpaired) electrons. The zero-order valence-corrected chi connectivity index (χ0v) is 13.8. The molecule has 0 saturated carbocycles. The third-order valence-corrected chi connectivity index (χ3v) is 5.58. The normalized spacial score (nSPS) is 17.9. The highest BCUT2D eigenvalue weighted by molar-refractivity contribution is 7.89. The summed E-state index contributed by atoms with van der Waals surface area (Å²) in [7, 11) is -3.53. The first kappa shape index (κ1) is 17.2. The third-order valence-electron chi connectivity index (χ3n) is 3.69. The maximum Gasteiger partial charge on any atom is 0.243 e. The van der Waals surface area contributed by atoms with Gasteiger partial charge in [0.05, 0.1) is 10.6 Å². The van der Waals surface area contributed by atoms with E-state index in [9.17, 15) is 8.42 Å². The molecule has 0 amide bonds. The maximum absolute atomic E-state index is 12.7. The summed E-state index contributed by atoms with van der Waals surface area (Å²) in [6, 6.07) is 6.25. The van der Waals surface area contributed by atoms with Gasteiger partial charge < -0.3 is 17.2 Å². The average Bonchev–Trinajstić information content (AvgIpc) is 2.47. The van der Waals surface area contributed by atoms with Crippen LogP contribution in [0.1, 0.15) is 19.8 Å². The van der Waals surface area contributed by atoms with Crippen LogP contribution in [0.2, 0.25) is 0 Å². The molecule has 1 aliphatic rings. The number of nitrogens with zero attached hydrogens (tertiary/aromatic N) is 3. The summed E-state index contributed by atoms with van der Waals surface area (Å²) in [4.78, 5) is 7.78. The fourth-order valence-electron chi connectivity index (χ4n) is 2.38. The van der Waals surface area contributed by atoms with E-state index in [2.05, 4.69) is 16.9 Å². The van der Waals surface area contributed by atoms with E-state index in [1.165, 1.54) is 10.4 Å². The zero-order valence-electron chi connectivity index (χ0n) is 13.0. The summed E-state index contributed by atoms with van der Waals surface area (Å²) in [5, 5.41) is 0. The number of hydrogen-bond donors (Lipinski definition) is 3. The molecule has 0 bridgehead atoms. The highest BCUT2D eigenvalue weighted by Gasteiger charge is 2.28. The third kappa shape index (κ3) is 4.42. The molecule has 0 atom stereocenters. The Kier molecular flexibility index (Phi) is 5.22. The highest BCUT2D eigenvalue weighted by Crippen LogP contribution is 2.25. The summed E-state index contributed by atoms with van der Waals surface area (Å²) in [5.41, 5.74) is 16.4. The van der Waals surface area contributed by atoms with Gasteiger partial charge in [0.15, 0.2) is 5.96 Å². The van der Waals surface area contributed by atoms with E-state index in [0.717, 1.165) is 12.8 Å². The molecule has 6 N–H and O–H groups in total. The number of guanidine groups is 2. The fourth-order valence-corrected chi connectivity index (χ4v) is 3.89. The summed E-state index contributed by atoms with van der Waals surface area (Å²) in [6.45, 7) is 3.20. The lowest BCUT2D eigenvalue weighted by Crippen LogP contribution is -2.37. The van der Waals surface area contributed by atoms with Crippen molar-refractivity contribution in [1.82, 2.24) is 4.31 Å². The molecule has 126 valence electrons. The van der Waals surface area contributed by atoms with Crippen LogP contribution in [0.15, 0.2) is 39.1 Å². The van der Waals surface area contributed by atoms with Crippen LogP contribution in [0.5, 0.6) is 0 Å². The van der Waals surface area contributed by atoms with Crippen LogP contribution >= 0.6 is 0 Å². The van der Waals surface area contributed by atoms with E-state index in [1.54, 1.807) is 18.2 Å². The molecular formula is C14H22N6O2S. The van der Waals surface area contributed by atoms with Crippen LogP contribution in [0.3, 0.4) is 0 Å². The predicted octanol–water partition coefficient (Wildman–Crippen LogP) is 0.327. The molecule has 9 heteroatoms. The first-order valence-electron chi connectivity index (χ1n) is 7.33. The van der Waals surface area contributed by atoms with Gasteiger partial charge in [0, 0.05) is 13.1 Å². The Bertz CT molecular complexity index is 717. The molecule has 1 heterocycles. The maximum atomic E-state index is 12.7. The first-order chi connectivity index (χ1) is 10.8. The van der Waals surface area contributed by atoms with E-state index in [1.807, 2.05) is 0 Å². The van der Waals surface area contributed by atoms with Crippen LogP contribution in [0.25, 0.3) is 0 Å². The van der Waals surface area contributed by atoms with Crippen molar-refractivity contribution in [2.24, 2.45) is 33.1 Å². The van der Waals surface area contributed by atoms with Gasteiger partial charge in [-0.25, -0.2) is 13.4 Å². The molecule has 0 unspecified atom stereocenters. The fraction of sp³-hybridized carbons (Fsp3) is 0.429. The summed E-state index contributed by atoms with van der Waals surface area (Å²) >= 11 is 0. The molecule has 0 spiro atoms. The Morgan fingerprint density at radius 1 is 1.22 bits per heavy atom. The van der Waals surface area contributed by atoms with E-state index in [-0.39, 0.29) is 16.8 Å². The second-order valence-electron chi connectivity index (χ2n) is 5.59. The minimum Gasteiger partial charge on any atom is -0.370 e. The number of aliphatic imine (C=N–C) groups is 2. The number of rotatable bonds is 3. The molecule has 1 saturated heterocycles. The van der Waals surface area contributed by atoms with E-state index in [0.29, 0.717) is 24.7 Å². The molecule has 8 nitrogen and oxygen atoms in total. The van der Waals surface area contributed by atoms with Gasteiger partial charge in [-0.05, 0) is 37.0 Å². The molecule has 0 aliphatic carbocycles. The summed E-state index contributed by atoms with van der Waals surface area (Å²) in [6.07, 6.45) is 1.74. The molecular weight excluding hydrogens is 316 g/mol. The monoisotopic (exact) mass is 338 g/mol. The van der Waals surface area contributed by atoms with Gasteiger partial charge in [-0.15, -0.1) is 0 Å². The zero-order chi connectivity index (χ0) is 17.0. The van der Waals surface area contributed by atoms with Gasteiger partial charge in [0.1, 0.15) is 0 Å². The van der Waals surface area contributed by atoms with E-state index < -0.39 is 10.0 Å². The minimum absolute atomic E-state index is 0.133. The standard InChI is InChI=1S/C14H22N6O2S/c1-10-5-7-20(8-6-10)23(21,22)12-4-2-3-11(9-12)18-14(17)19-13(15)16/h2-4,9-10H,5-8H2,1H3,(H6,15,16,17,18,19). The highest BCUT2D eigenvalue weighted by atomic mass is 32.2. The van der Waals surface area contributed by atoms with Gasteiger partial charge in [-0.1, -0.05) is 13.0 Å². The van der Waals surface area contributed by atoms with Crippen molar-refractivity contribution >= 4 is 27.6 Å². The predicted molar refractivity (Wildman–Crippen MR) is 90.7 cm³/mol. The van der Waals surface area contributed by atoms with Crippen LogP contribution in [0.4, 0.5) is 5.69 Å². The van der Waals surface area contributed by atoms with Gasteiger partial charge in [0.25, 0.3) is 0 Å². The SMILES string of the molecule is CC1CCN(S(=O)(=O)c2cccc(N=C(N)N=C(N)N)c2)CC1. The number of hydrogen-bond acceptors (Lipinski definition) is 3. The molecule has 1 aliphatic heterocycles. The van der Waals surface area contributed by atoms with E-state index in [4.69, 9.17) is 17.2 Å². The van der Waals surface area contributed by atoms with Crippen molar-refractivity contribution in [3.63, 3.8) is 0 Å². The molecule has 1 fully saturated rings. The molecule has 2 rings (SSSR count). The summed E-state index contributed by atoms with van der Waals surface area (Å²) < 4.78 is 26.9. The molecule has 1 aromatic carbocycles. The number of benzene rings is 1. The van der Waals surface area contributed by atoms with Gasteiger partial charge in [-0.2, -0.15) is 9.30 Å². The lowest BCUT2D eigenvalue weighted by molar-refractivity contribution is 0.288. The summed E-state index contributed by atoms with van der Waals surface area (Å²) in [5.74, 6) is 0.209. The Balaban J connectivity index is 2.27. The first-order valence-corrected chi connectivity index (χ1v) is 8.77. The Hall–Kier alpha value is -2.13. The number of sulfonamides is 1. The quantitative estimate of drug-likeness (QED) is 0.538. The average molecular weight is 338 g/mol. The van der Waals surface area contributed by atoms with Crippen molar-refractivity contribution in [2.45, 2.75) is 24.7 Å². The van der Waals surface area contributed by atoms with Gasteiger partial charge in [0.2, 0.25) is 16.0 Å². The number of nitrogens with two attached hydrogens (primary N) is 3.